The minimum Gasteiger partial charge on any atom is -0.346 e. The molecule has 2 rings (SSSR count). The Labute approximate surface area is 110 Å². The summed E-state index contributed by atoms with van der Waals surface area (Å²) >= 11 is 0. The summed E-state index contributed by atoms with van der Waals surface area (Å²) in [5.74, 6) is 0. The van der Waals surface area contributed by atoms with Gasteiger partial charge < -0.3 is 9.88 Å². The Kier molecular flexibility index (Phi) is 3.24. The third-order valence-corrected chi connectivity index (χ3v) is 3.82. The Hall–Kier alpha value is -1.28. The fraction of sp³-hybridized carbons (Fsp3) is 0.500. The summed E-state index contributed by atoms with van der Waals surface area (Å²) < 4.78 is 2.28. The molecule has 0 fully saturated rings. The SMILES string of the molecule is CNC(C)c1cc2cc(C(C)(C)C)ccc2n1C. The number of aromatic nitrogens is 1. The zero-order valence-electron chi connectivity index (χ0n) is 12.3. The van der Waals surface area contributed by atoms with Crippen LogP contribution in [0.2, 0.25) is 0 Å². The van der Waals surface area contributed by atoms with Crippen LogP contribution in [0.4, 0.5) is 0 Å². The monoisotopic (exact) mass is 244 g/mol. The van der Waals surface area contributed by atoms with Crippen molar-refractivity contribution in [3.05, 3.63) is 35.5 Å². The standard InChI is InChI=1S/C16H24N2/c1-11(17-5)15-10-12-9-13(16(2,3)4)7-8-14(12)18(15)6/h7-11,17H,1-6H3. The summed E-state index contributed by atoms with van der Waals surface area (Å²) in [5, 5.41) is 4.64. The molecule has 0 aliphatic heterocycles. The van der Waals surface area contributed by atoms with Gasteiger partial charge in [0.2, 0.25) is 0 Å². The highest BCUT2D eigenvalue weighted by molar-refractivity contribution is 5.82. The quantitative estimate of drug-likeness (QED) is 0.851. The normalized spacial score (nSPS) is 14.1. The number of fused-ring (bicyclic) bond motifs is 1. The van der Waals surface area contributed by atoms with Crippen LogP contribution >= 0.6 is 0 Å². The molecule has 0 aliphatic rings. The molecule has 1 aromatic heterocycles. The molecule has 0 bridgehead atoms. The highest BCUT2D eigenvalue weighted by atomic mass is 15.0. The van der Waals surface area contributed by atoms with E-state index in [1.165, 1.54) is 22.2 Å². The summed E-state index contributed by atoms with van der Waals surface area (Å²) in [6, 6.07) is 9.48. The molecule has 1 N–H and O–H groups in total. The zero-order valence-corrected chi connectivity index (χ0v) is 12.3. The third kappa shape index (κ3) is 2.17. The number of nitrogens with zero attached hydrogens (tertiary/aromatic N) is 1. The maximum atomic E-state index is 3.31. The van der Waals surface area contributed by atoms with Crippen molar-refractivity contribution in [3.8, 4) is 0 Å². The maximum Gasteiger partial charge on any atom is 0.0480 e. The van der Waals surface area contributed by atoms with Gasteiger partial charge in [-0.15, -0.1) is 0 Å². The molecule has 2 heteroatoms. The highest BCUT2D eigenvalue weighted by Gasteiger charge is 2.16. The lowest BCUT2D eigenvalue weighted by Crippen LogP contribution is -2.15. The van der Waals surface area contributed by atoms with E-state index < -0.39 is 0 Å². The van der Waals surface area contributed by atoms with E-state index in [2.05, 4.69) is 68.9 Å². The Morgan fingerprint density at radius 2 is 1.83 bits per heavy atom. The van der Waals surface area contributed by atoms with Gasteiger partial charge in [0.05, 0.1) is 0 Å². The van der Waals surface area contributed by atoms with E-state index in [0.29, 0.717) is 6.04 Å². The Morgan fingerprint density at radius 1 is 1.17 bits per heavy atom. The van der Waals surface area contributed by atoms with Crippen molar-refractivity contribution in [2.45, 2.75) is 39.2 Å². The van der Waals surface area contributed by atoms with Crippen LogP contribution in [-0.2, 0) is 12.5 Å². The first kappa shape index (κ1) is 13.2. The van der Waals surface area contributed by atoms with Crippen LogP contribution < -0.4 is 5.32 Å². The lowest BCUT2D eigenvalue weighted by molar-refractivity contribution is 0.591. The molecule has 0 aliphatic carbocycles. The Morgan fingerprint density at radius 3 is 2.39 bits per heavy atom. The summed E-state index contributed by atoms with van der Waals surface area (Å²) in [4.78, 5) is 0. The van der Waals surface area contributed by atoms with Crippen molar-refractivity contribution in [2.75, 3.05) is 7.05 Å². The average Bonchev–Trinajstić information content (AvgIpc) is 2.64. The second kappa shape index (κ2) is 4.43. The number of benzene rings is 1. The molecule has 98 valence electrons. The highest BCUT2D eigenvalue weighted by Crippen LogP contribution is 2.29. The van der Waals surface area contributed by atoms with E-state index in [9.17, 15) is 0 Å². The van der Waals surface area contributed by atoms with E-state index in [-0.39, 0.29) is 5.41 Å². The van der Waals surface area contributed by atoms with Crippen LogP contribution in [0.5, 0.6) is 0 Å². The van der Waals surface area contributed by atoms with Crippen molar-refractivity contribution >= 4 is 10.9 Å². The van der Waals surface area contributed by atoms with Crippen molar-refractivity contribution in [2.24, 2.45) is 7.05 Å². The first-order valence-electron chi connectivity index (χ1n) is 6.61. The fourth-order valence-electron chi connectivity index (χ4n) is 2.40. The Balaban J connectivity index is 2.59. The van der Waals surface area contributed by atoms with Gasteiger partial charge in [-0.2, -0.15) is 0 Å². The molecule has 0 amide bonds. The Bertz CT molecular complexity index is 558. The second-order valence-corrected chi connectivity index (χ2v) is 6.16. The van der Waals surface area contributed by atoms with Gasteiger partial charge in [-0.25, -0.2) is 0 Å². The molecule has 2 aromatic rings. The minimum atomic E-state index is 0.207. The summed E-state index contributed by atoms with van der Waals surface area (Å²) in [6.45, 7) is 8.97. The van der Waals surface area contributed by atoms with Gasteiger partial charge in [0.15, 0.2) is 0 Å². The topological polar surface area (TPSA) is 17.0 Å². The maximum absolute atomic E-state index is 3.31. The number of aryl methyl sites for hydroxylation is 1. The predicted octanol–water partition coefficient (Wildman–Crippen LogP) is 3.76. The molecule has 1 atom stereocenters. The summed E-state index contributed by atoms with van der Waals surface area (Å²) in [7, 11) is 4.14. The predicted molar refractivity (Wildman–Crippen MR) is 79.1 cm³/mol. The summed E-state index contributed by atoms with van der Waals surface area (Å²) in [5.41, 5.74) is 4.24. The van der Waals surface area contributed by atoms with Gasteiger partial charge >= 0.3 is 0 Å². The van der Waals surface area contributed by atoms with E-state index in [1.54, 1.807) is 0 Å². The van der Waals surface area contributed by atoms with Crippen LogP contribution in [0, 0.1) is 0 Å². The van der Waals surface area contributed by atoms with Gasteiger partial charge in [-0.05, 0) is 43.1 Å². The molecule has 1 unspecified atom stereocenters. The first-order valence-corrected chi connectivity index (χ1v) is 6.61. The molecule has 2 nitrogen and oxygen atoms in total. The lowest BCUT2D eigenvalue weighted by atomic mass is 9.86. The van der Waals surface area contributed by atoms with Gasteiger partial charge in [-0.3, -0.25) is 0 Å². The number of rotatable bonds is 2. The van der Waals surface area contributed by atoms with Crippen LogP contribution in [0.3, 0.4) is 0 Å². The second-order valence-electron chi connectivity index (χ2n) is 6.16. The average molecular weight is 244 g/mol. The van der Waals surface area contributed by atoms with E-state index in [0.717, 1.165) is 0 Å². The first-order chi connectivity index (χ1) is 8.34. The molecular formula is C16H24N2. The van der Waals surface area contributed by atoms with Gasteiger partial charge in [0.1, 0.15) is 0 Å². The number of nitrogens with one attached hydrogen (secondary N) is 1. The molecule has 18 heavy (non-hydrogen) atoms. The zero-order chi connectivity index (χ0) is 13.5. The van der Waals surface area contributed by atoms with Crippen molar-refractivity contribution in [1.29, 1.82) is 0 Å². The van der Waals surface area contributed by atoms with Crippen molar-refractivity contribution in [3.63, 3.8) is 0 Å². The lowest BCUT2D eigenvalue weighted by Gasteiger charge is -2.19. The number of hydrogen-bond acceptors (Lipinski definition) is 1. The fourth-order valence-corrected chi connectivity index (χ4v) is 2.40. The van der Waals surface area contributed by atoms with Crippen LogP contribution in [-0.4, -0.2) is 11.6 Å². The molecule has 0 spiro atoms. The van der Waals surface area contributed by atoms with Crippen molar-refractivity contribution < 1.29 is 0 Å². The molecule has 0 radical (unpaired) electrons. The largest absolute Gasteiger partial charge is 0.346 e. The molecule has 0 saturated carbocycles. The molecular weight excluding hydrogens is 220 g/mol. The smallest absolute Gasteiger partial charge is 0.0480 e. The summed E-state index contributed by atoms with van der Waals surface area (Å²) in [6.07, 6.45) is 0. The van der Waals surface area contributed by atoms with Crippen LogP contribution in [0.15, 0.2) is 24.3 Å². The van der Waals surface area contributed by atoms with E-state index in [4.69, 9.17) is 0 Å². The van der Waals surface area contributed by atoms with E-state index in [1.807, 2.05) is 7.05 Å². The third-order valence-electron chi connectivity index (χ3n) is 3.82. The minimum absolute atomic E-state index is 0.207. The van der Waals surface area contributed by atoms with Crippen LogP contribution in [0.25, 0.3) is 10.9 Å². The van der Waals surface area contributed by atoms with E-state index >= 15 is 0 Å². The van der Waals surface area contributed by atoms with Gasteiger partial charge in [0.25, 0.3) is 0 Å². The van der Waals surface area contributed by atoms with Gasteiger partial charge in [0, 0.05) is 29.7 Å². The van der Waals surface area contributed by atoms with Gasteiger partial charge in [-0.1, -0.05) is 26.8 Å². The van der Waals surface area contributed by atoms with Crippen molar-refractivity contribution in [1.82, 2.24) is 9.88 Å². The molecule has 1 aromatic carbocycles. The van der Waals surface area contributed by atoms with Crippen LogP contribution in [0.1, 0.15) is 45.0 Å². The number of hydrogen-bond donors (Lipinski definition) is 1. The molecule has 0 saturated heterocycles. The molecule has 1 heterocycles.